The third-order valence-corrected chi connectivity index (χ3v) is 4.40. The molecule has 0 aliphatic heterocycles. The van der Waals surface area contributed by atoms with Crippen LogP contribution in [-0.4, -0.2) is 22.9 Å². The maximum absolute atomic E-state index is 12.4. The van der Waals surface area contributed by atoms with Crippen molar-refractivity contribution in [1.82, 2.24) is 4.57 Å². The highest BCUT2D eigenvalue weighted by molar-refractivity contribution is 5.99. The molecule has 0 bridgehead atoms. The van der Waals surface area contributed by atoms with E-state index in [1.54, 1.807) is 24.5 Å². The maximum Gasteiger partial charge on any atom is 0.340 e. The van der Waals surface area contributed by atoms with E-state index in [0.717, 1.165) is 22.7 Å². The van der Waals surface area contributed by atoms with Gasteiger partial charge < -0.3 is 13.7 Å². The minimum absolute atomic E-state index is 0.220. The van der Waals surface area contributed by atoms with Crippen molar-refractivity contribution in [3.63, 3.8) is 0 Å². The summed E-state index contributed by atoms with van der Waals surface area (Å²) in [5, 5.41) is 0. The van der Waals surface area contributed by atoms with Gasteiger partial charge in [-0.1, -0.05) is 29.8 Å². The molecule has 0 spiro atoms. The van der Waals surface area contributed by atoms with Crippen molar-refractivity contribution in [2.45, 2.75) is 27.3 Å². The van der Waals surface area contributed by atoms with Crippen molar-refractivity contribution < 1.29 is 18.7 Å². The van der Waals surface area contributed by atoms with Crippen molar-refractivity contribution in [2.24, 2.45) is 0 Å². The van der Waals surface area contributed by atoms with Crippen molar-refractivity contribution in [3.05, 3.63) is 82.6 Å². The molecule has 0 radical (unpaired) electrons. The van der Waals surface area contributed by atoms with Crippen LogP contribution in [0, 0.1) is 20.8 Å². The molecule has 2 aromatic heterocycles. The Bertz CT molecular complexity index is 918. The van der Waals surface area contributed by atoms with E-state index in [1.165, 1.54) is 0 Å². The summed E-state index contributed by atoms with van der Waals surface area (Å²) in [6, 6.07) is 12.7. The quantitative estimate of drug-likeness (QED) is 0.496. The number of hydrogen-bond donors (Lipinski definition) is 0. The van der Waals surface area contributed by atoms with Gasteiger partial charge in [-0.25, -0.2) is 4.79 Å². The van der Waals surface area contributed by atoms with Gasteiger partial charge in [0.25, 0.3) is 0 Å². The van der Waals surface area contributed by atoms with E-state index < -0.39 is 5.97 Å². The summed E-state index contributed by atoms with van der Waals surface area (Å²) in [5.74, 6) is 0.0910. The Morgan fingerprint density at radius 2 is 1.81 bits per heavy atom. The summed E-state index contributed by atoms with van der Waals surface area (Å²) < 4.78 is 12.6. The molecule has 0 atom stereocenters. The fraction of sp³-hybridized carbons (Fsp3) is 0.238. The monoisotopic (exact) mass is 351 g/mol. The number of aryl methyl sites for hydroxylation is 2. The third kappa shape index (κ3) is 3.77. The van der Waals surface area contributed by atoms with Gasteiger partial charge in [-0.3, -0.25) is 4.79 Å². The smallest absolute Gasteiger partial charge is 0.340 e. The number of ether oxygens (including phenoxy) is 1. The average molecular weight is 351 g/mol. The summed E-state index contributed by atoms with van der Waals surface area (Å²) >= 11 is 0. The highest BCUT2D eigenvalue weighted by Crippen LogP contribution is 2.18. The fourth-order valence-electron chi connectivity index (χ4n) is 2.84. The van der Waals surface area contributed by atoms with Crippen LogP contribution >= 0.6 is 0 Å². The molecule has 26 heavy (non-hydrogen) atoms. The van der Waals surface area contributed by atoms with Gasteiger partial charge in [0.2, 0.25) is 0 Å². The Morgan fingerprint density at radius 1 is 1.08 bits per heavy atom. The molecule has 0 unspecified atom stereocenters. The number of carbonyl (C=O) groups is 2. The van der Waals surface area contributed by atoms with Gasteiger partial charge in [-0.2, -0.15) is 0 Å². The van der Waals surface area contributed by atoms with Gasteiger partial charge in [0.05, 0.1) is 18.4 Å². The van der Waals surface area contributed by atoms with Crippen LogP contribution in [0.2, 0.25) is 0 Å². The highest BCUT2D eigenvalue weighted by atomic mass is 16.5. The average Bonchev–Trinajstić information content (AvgIpc) is 3.24. The fourth-order valence-corrected chi connectivity index (χ4v) is 2.84. The topological polar surface area (TPSA) is 61.4 Å². The predicted octanol–water partition coefficient (Wildman–Crippen LogP) is 4.09. The first-order valence-corrected chi connectivity index (χ1v) is 8.42. The van der Waals surface area contributed by atoms with Gasteiger partial charge in [-0.05, 0) is 39.0 Å². The molecule has 1 aromatic carbocycles. The van der Waals surface area contributed by atoms with Gasteiger partial charge >= 0.3 is 5.97 Å². The minimum Gasteiger partial charge on any atom is -0.467 e. The molecule has 5 nitrogen and oxygen atoms in total. The Morgan fingerprint density at radius 3 is 2.46 bits per heavy atom. The van der Waals surface area contributed by atoms with E-state index in [0.29, 0.717) is 17.7 Å². The SMILES string of the molecule is Cc1ccc(C(=O)COC(=O)c2cc(C)n(Cc3ccco3)c2C)cc1. The van der Waals surface area contributed by atoms with E-state index in [9.17, 15) is 9.59 Å². The molecule has 0 aliphatic rings. The van der Waals surface area contributed by atoms with E-state index in [4.69, 9.17) is 9.15 Å². The zero-order valence-corrected chi connectivity index (χ0v) is 15.1. The van der Waals surface area contributed by atoms with Crippen LogP contribution in [0.4, 0.5) is 0 Å². The molecule has 0 saturated heterocycles. The molecule has 0 aliphatic carbocycles. The number of benzene rings is 1. The highest BCUT2D eigenvalue weighted by Gasteiger charge is 2.19. The van der Waals surface area contributed by atoms with Crippen LogP contribution in [-0.2, 0) is 11.3 Å². The molecule has 3 rings (SSSR count). The Kier molecular flexibility index (Phi) is 5.07. The van der Waals surface area contributed by atoms with E-state index in [1.807, 2.05) is 49.6 Å². The van der Waals surface area contributed by atoms with Crippen LogP contribution in [0.3, 0.4) is 0 Å². The first-order valence-electron chi connectivity index (χ1n) is 8.42. The Hall–Kier alpha value is -3.08. The Balaban J connectivity index is 1.68. The van der Waals surface area contributed by atoms with Crippen molar-refractivity contribution in [2.75, 3.05) is 6.61 Å². The number of carbonyl (C=O) groups excluding carboxylic acids is 2. The summed E-state index contributed by atoms with van der Waals surface area (Å²) in [6.07, 6.45) is 1.62. The second kappa shape index (κ2) is 7.44. The molecule has 2 heterocycles. The van der Waals surface area contributed by atoms with Crippen LogP contribution in [0.25, 0.3) is 0 Å². The van der Waals surface area contributed by atoms with Gasteiger partial charge in [0.15, 0.2) is 12.4 Å². The van der Waals surface area contributed by atoms with Crippen molar-refractivity contribution in [3.8, 4) is 0 Å². The minimum atomic E-state index is -0.496. The number of hydrogen-bond acceptors (Lipinski definition) is 4. The lowest BCUT2D eigenvalue weighted by molar-refractivity contribution is 0.0474. The van der Waals surface area contributed by atoms with Crippen LogP contribution in [0.15, 0.2) is 53.1 Å². The van der Waals surface area contributed by atoms with E-state index in [-0.39, 0.29) is 12.4 Å². The van der Waals surface area contributed by atoms with Crippen molar-refractivity contribution in [1.29, 1.82) is 0 Å². The molecule has 5 heteroatoms. The standard InChI is InChI=1S/C21H21NO4/c1-14-6-8-17(9-7-14)20(23)13-26-21(24)19-11-15(2)22(16(19)3)12-18-5-4-10-25-18/h4-11H,12-13H2,1-3H3. The predicted molar refractivity (Wildman–Crippen MR) is 97.5 cm³/mol. The summed E-state index contributed by atoms with van der Waals surface area (Å²) in [6.45, 7) is 6.00. The number of nitrogens with zero attached hydrogens (tertiary/aromatic N) is 1. The molecule has 0 fully saturated rings. The largest absolute Gasteiger partial charge is 0.467 e. The molecule has 0 N–H and O–H groups in total. The third-order valence-electron chi connectivity index (χ3n) is 4.40. The normalized spacial score (nSPS) is 10.7. The second-order valence-electron chi connectivity index (χ2n) is 6.32. The number of ketones is 1. The molecule has 3 aromatic rings. The summed E-state index contributed by atoms with van der Waals surface area (Å²) in [7, 11) is 0. The lowest BCUT2D eigenvalue weighted by atomic mass is 10.1. The first-order chi connectivity index (χ1) is 12.5. The zero-order chi connectivity index (χ0) is 18.7. The summed E-state index contributed by atoms with van der Waals surface area (Å²) in [5.41, 5.74) is 3.78. The van der Waals surface area contributed by atoms with Gasteiger partial charge in [-0.15, -0.1) is 0 Å². The molecule has 134 valence electrons. The maximum atomic E-state index is 12.4. The Labute approximate surface area is 152 Å². The van der Waals surface area contributed by atoms with Crippen molar-refractivity contribution >= 4 is 11.8 Å². The molecule has 0 saturated carbocycles. The van der Waals surface area contributed by atoms with Gasteiger partial charge in [0, 0.05) is 17.0 Å². The molecule has 0 amide bonds. The number of rotatable bonds is 6. The second-order valence-corrected chi connectivity index (χ2v) is 6.32. The number of furan rings is 1. The lowest BCUT2D eigenvalue weighted by Gasteiger charge is -2.08. The van der Waals surface area contributed by atoms with Gasteiger partial charge in [0.1, 0.15) is 5.76 Å². The zero-order valence-electron chi connectivity index (χ0n) is 15.1. The summed E-state index contributed by atoms with van der Waals surface area (Å²) in [4.78, 5) is 24.6. The molecular weight excluding hydrogens is 330 g/mol. The number of aromatic nitrogens is 1. The first kappa shape index (κ1) is 17.7. The number of esters is 1. The van der Waals surface area contributed by atoms with Crippen LogP contribution in [0.1, 0.15) is 43.4 Å². The van der Waals surface area contributed by atoms with E-state index in [2.05, 4.69) is 0 Å². The molecular formula is C21H21NO4. The lowest BCUT2D eigenvalue weighted by Crippen LogP contribution is -2.15. The van der Waals surface area contributed by atoms with Crippen LogP contribution < -0.4 is 0 Å². The van der Waals surface area contributed by atoms with Crippen LogP contribution in [0.5, 0.6) is 0 Å². The number of Topliss-reactive ketones (excluding diaryl/α,β-unsaturated/α-hetero) is 1. The van der Waals surface area contributed by atoms with E-state index >= 15 is 0 Å².